The Labute approximate surface area is 86.1 Å². The summed E-state index contributed by atoms with van der Waals surface area (Å²) in [5.74, 6) is 0.745. The molecule has 0 unspecified atom stereocenters. The number of nitrogens with one attached hydrogen (secondary N) is 1. The van der Waals surface area contributed by atoms with Crippen LogP contribution in [0.1, 0.15) is 25.7 Å². The van der Waals surface area contributed by atoms with Crippen molar-refractivity contribution in [2.24, 2.45) is 0 Å². The van der Waals surface area contributed by atoms with Crippen LogP contribution in [0.15, 0.2) is 16.9 Å². The van der Waals surface area contributed by atoms with Gasteiger partial charge in [0.1, 0.15) is 0 Å². The lowest BCUT2D eigenvalue weighted by Crippen LogP contribution is -2.16. The van der Waals surface area contributed by atoms with Crippen molar-refractivity contribution >= 4 is 21.9 Å². The fourth-order valence-corrected chi connectivity index (χ4v) is 1.84. The lowest BCUT2D eigenvalue weighted by molar-refractivity contribution is 0.744. The summed E-state index contributed by atoms with van der Waals surface area (Å²) in [4.78, 5) is 8.35. The van der Waals surface area contributed by atoms with E-state index >= 15 is 0 Å². The fourth-order valence-electron chi connectivity index (χ4n) is 1.64. The SMILES string of the molecule is Brc1cnc(NC2CCCC2)nc1. The number of aromatic nitrogens is 2. The number of anilines is 1. The third kappa shape index (κ3) is 2.40. The van der Waals surface area contributed by atoms with E-state index in [1.165, 1.54) is 25.7 Å². The van der Waals surface area contributed by atoms with Crippen molar-refractivity contribution in [1.82, 2.24) is 9.97 Å². The summed E-state index contributed by atoms with van der Waals surface area (Å²) in [6, 6.07) is 0.584. The average Bonchev–Trinajstić information content (AvgIpc) is 2.62. The van der Waals surface area contributed by atoms with Crippen molar-refractivity contribution in [3.63, 3.8) is 0 Å². The molecule has 1 aliphatic rings. The Morgan fingerprint density at radius 3 is 2.46 bits per heavy atom. The molecule has 0 radical (unpaired) electrons. The third-order valence-electron chi connectivity index (χ3n) is 2.31. The predicted octanol–water partition coefficient (Wildman–Crippen LogP) is 2.59. The molecule has 3 nitrogen and oxygen atoms in total. The van der Waals surface area contributed by atoms with E-state index in [1.807, 2.05) is 0 Å². The number of hydrogen-bond donors (Lipinski definition) is 1. The van der Waals surface area contributed by atoms with Crippen molar-refractivity contribution < 1.29 is 0 Å². The lowest BCUT2D eigenvalue weighted by Gasteiger charge is -2.10. The maximum Gasteiger partial charge on any atom is 0.222 e. The molecule has 1 heterocycles. The topological polar surface area (TPSA) is 37.8 Å². The Bertz CT molecular complexity index is 267. The summed E-state index contributed by atoms with van der Waals surface area (Å²) in [6.45, 7) is 0. The summed E-state index contributed by atoms with van der Waals surface area (Å²) in [6.07, 6.45) is 8.69. The highest BCUT2D eigenvalue weighted by atomic mass is 79.9. The zero-order chi connectivity index (χ0) is 9.10. The number of halogens is 1. The largest absolute Gasteiger partial charge is 0.351 e. The van der Waals surface area contributed by atoms with E-state index < -0.39 is 0 Å². The molecule has 4 heteroatoms. The van der Waals surface area contributed by atoms with Gasteiger partial charge in [-0.05, 0) is 28.8 Å². The van der Waals surface area contributed by atoms with E-state index in [4.69, 9.17) is 0 Å². The molecule has 1 aliphatic carbocycles. The second-order valence-corrected chi connectivity index (χ2v) is 4.27. The molecule has 1 saturated carbocycles. The summed E-state index contributed by atoms with van der Waals surface area (Å²) in [7, 11) is 0. The minimum absolute atomic E-state index is 0.584. The first-order valence-electron chi connectivity index (χ1n) is 4.59. The Morgan fingerprint density at radius 2 is 1.85 bits per heavy atom. The van der Waals surface area contributed by atoms with E-state index in [0.717, 1.165) is 10.4 Å². The van der Waals surface area contributed by atoms with Gasteiger partial charge in [-0.1, -0.05) is 12.8 Å². The fraction of sp³-hybridized carbons (Fsp3) is 0.556. The highest BCUT2D eigenvalue weighted by molar-refractivity contribution is 9.10. The van der Waals surface area contributed by atoms with Crippen molar-refractivity contribution in [1.29, 1.82) is 0 Å². The second-order valence-electron chi connectivity index (χ2n) is 3.35. The van der Waals surface area contributed by atoms with Gasteiger partial charge in [-0.25, -0.2) is 9.97 Å². The van der Waals surface area contributed by atoms with Gasteiger partial charge in [0, 0.05) is 18.4 Å². The summed E-state index contributed by atoms with van der Waals surface area (Å²) in [5.41, 5.74) is 0. The molecule has 0 saturated heterocycles. The molecule has 0 atom stereocenters. The molecule has 0 spiro atoms. The van der Waals surface area contributed by atoms with Crippen molar-refractivity contribution in [3.05, 3.63) is 16.9 Å². The summed E-state index contributed by atoms with van der Waals surface area (Å²) < 4.78 is 0.921. The van der Waals surface area contributed by atoms with Crippen LogP contribution < -0.4 is 5.32 Å². The Hall–Kier alpha value is -0.640. The molecule has 0 amide bonds. The molecule has 1 N–H and O–H groups in total. The molecule has 1 aromatic heterocycles. The first-order valence-corrected chi connectivity index (χ1v) is 5.38. The van der Waals surface area contributed by atoms with Crippen LogP contribution in [-0.2, 0) is 0 Å². The molecule has 1 fully saturated rings. The van der Waals surface area contributed by atoms with Crippen LogP contribution in [0.25, 0.3) is 0 Å². The smallest absolute Gasteiger partial charge is 0.222 e. The van der Waals surface area contributed by atoms with Gasteiger partial charge in [-0.2, -0.15) is 0 Å². The molecular weight excluding hydrogens is 230 g/mol. The molecule has 2 rings (SSSR count). The van der Waals surface area contributed by atoms with Crippen LogP contribution >= 0.6 is 15.9 Å². The van der Waals surface area contributed by atoms with Gasteiger partial charge in [-0.3, -0.25) is 0 Å². The molecular formula is C9H12BrN3. The Balaban J connectivity index is 1.97. The van der Waals surface area contributed by atoms with E-state index in [1.54, 1.807) is 12.4 Å². The maximum absolute atomic E-state index is 4.17. The number of rotatable bonds is 2. The van der Waals surface area contributed by atoms with E-state index in [2.05, 4.69) is 31.2 Å². The van der Waals surface area contributed by atoms with Crippen molar-refractivity contribution in [2.75, 3.05) is 5.32 Å². The normalized spacial score (nSPS) is 17.6. The highest BCUT2D eigenvalue weighted by Crippen LogP contribution is 2.20. The van der Waals surface area contributed by atoms with Crippen LogP contribution in [0.4, 0.5) is 5.95 Å². The van der Waals surface area contributed by atoms with Crippen molar-refractivity contribution in [3.8, 4) is 0 Å². The standard InChI is InChI=1S/C9H12BrN3/c10-7-5-11-9(12-6-7)13-8-3-1-2-4-8/h5-6,8H,1-4H2,(H,11,12,13). The monoisotopic (exact) mass is 241 g/mol. The van der Waals surface area contributed by atoms with Gasteiger partial charge in [-0.15, -0.1) is 0 Å². The molecule has 1 aromatic rings. The van der Waals surface area contributed by atoms with Crippen LogP contribution in [0, 0.1) is 0 Å². The first kappa shape index (κ1) is 8.94. The Kier molecular flexibility index (Phi) is 2.78. The van der Waals surface area contributed by atoms with Gasteiger partial charge >= 0.3 is 0 Å². The number of hydrogen-bond acceptors (Lipinski definition) is 3. The quantitative estimate of drug-likeness (QED) is 0.866. The molecule has 13 heavy (non-hydrogen) atoms. The van der Waals surface area contributed by atoms with E-state index in [0.29, 0.717) is 6.04 Å². The van der Waals surface area contributed by atoms with Gasteiger partial charge in [0.15, 0.2) is 0 Å². The van der Waals surface area contributed by atoms with Gasteiger partial charge in [0.25, 0.3) is 0 Å². The predicted molar refractivity (Wildman–Crippen MR) is 55.6 cm³/mol. The second kappa shape index (κ2) is 4.05. The van der Waals surface area contributed by atoms with Crippen LogP contribution in [0.2, 0.25) is 0 Å². The minimum atomic E-state index is 0.584. The lowest BCUT2D eigenvalue weighted by atomic mass is 10.3. The van der Waals surface area contributed by atoms with E-state index in [-0.39, 0.29) is 0 Å². The molecule has 0 aliphatic heterocycles. The van der Waals surface area contributed by atoms with Crippen LogP contribution in [-0.4, -0.2) is 16.0 Å². The third-order valence-corrected chi connectivity index (χ3v) is 2.72. The number of nitrogens with zero attached hydrogens (tertiary/aromatic N) is 2. The average molecular weight is 242 g/mol. The van der Waals surface area contributed by atoms with Gasteiger partial charge in [0.05, 0.1) is 4.47 Å². The summed E-state index contributed by atoms with van der Waals surface area (Å²) >= 11 is 3.31. The minimum Gasteiger partial charge on any atom is -0.351 e. The molecule has 70 valence electrons. The zero-order valence-corrected chi connectivity index (χ0v) is 8.92. The van der Waals surface area contributed by atoms with Crippen LogP contribution in [0.3, 0.4) is 0 Å². The van der Waals surface area contributed by atoms with Crippen molar-refractivity contribution in [2.45, 2.75) is 31.7 Å². The molecule has 0 bridgehead atoms. The highest BCUT2D eigenvalue weighted by Gasteiger charge is 2.14. The Morgan fingerprint density at radius 1 is 1.23 bits per heavy atom. The van der Waals surface area contributed by atoms with Gasteiger partial charge < -0.3 is 5.32 Å². The zero-order valence-electron chi connectivity index (χ0n) is 7.33. The van der Waals surface area contributed by atoms with Crippen LogP contribution in [0.5, 0.6) is 0 Å². The van der Waals surface area contributed by atoms with Gasteiger partial charge in [0.2, 0.25) is 5.95 Å². The maximum atomic E-state index is 4.17. The summed E-state index contributed by atoms with van der Waals surface area (Å²) in [5, 5.41) is 3.32. The van der Waals surface area contributed by atoms with E-state index in [9.17, 15) is 0 Å². The first-order chi connectivity index (χ1) is 6.34. The molecule has 0 aromatic carbocycles.